The monoisotopic (exact) mass is 218 g/mol. The number of hydrogen-bond donors (Lipinski definition) is 1. The van der Waals surface area contributed by atoms with Gasteiger partial charge in [-0.15, -0.1) is 0 Å². The molecule has 16 heavy (non-hydrogen) atoms. The van der Waals surface area contributed by atoms with Gasteiger partial charge in [0.2, 0.25) is 0 Å². The molecule has 86 valence electrons. The number of carbonyl (C=O) groups excluding carboxylic acids is 1. The van der Waals surface area contributed by atoms with E-state index in [1.807, 2.05) is 29.2 Å². The van der Waals surface area contributed by atoms with E-state index in [1.165, 1.54) is 0 Å². The standard InChI is InChI=1S/C13H18N2O/c1-11-10-15(9-8-14-11)13(16)12-6-4-2-3-5-7-12/h2-4,6-7,11,14H,5,8-10H2,1H3. The fourth-order valence-electron chi connectivity index (χ4n) is 2.04. The zero-order valence-electron chi connectivity index (χ0n) is 9.65. The van der Waals surface area contributed by atoms with Crippen LogP contribution >= 0.6 is 0 Å². The number of hydrogen-bond acceptors (Lipinski definition) is 2. The Morgan fingerprint density at radius 2 is 2.38 bits per heavy atom. The molecule has 0 bridgehead atoms. The minimum Gasteiger partial charge on any atom is -0.336 e. The molecule has 1 unspecified atom stereocenters. The summed E-state index contributed by atoms with van der Waals surface area (Å²) in [6.07, 6.45) is 10.7. The van der Waals surface area contributed by atoms with Gasteiger partial charge in [-0.1, -0.05) is 24.3 Å². The zero-order valence-corrected chi connectivity index (χ0v) is 9.65. The van der Waals surface area contributed by atoms with Crippen LogP contribution in [0.2, 0.25) is 0 Å². The van der Waals surface area contributed by atoms with E-state index in [-0.39, 0.29) is 5.91 Å². The minimum atomic E-state index is 0.160. The lowest BCUT2D eigenvalue weighted by Gasteiger charge is -2.32. The van der Waals surface area contributed by atoms with E-state index in [0.29, 0.717) is 6.04 Å². The van der Waals surface area contributed by atoms with Crippen LogP contribution in [0.5, 0.6) is 0 Å². The van der Waals surface area contributed by atoms with Crippen LogP contribution in [0.1, 0.15) is 13.3 Å². The normalized spacial score (nSPS) is 25.2. The van der Waals surface area contributed by atoms with Gasteiger partial charge in [-0.2, -0.15) is 0 Å². The van der Waals surface area contributed by atoms with E-state index in [4.69, 9.17) is 0 Å². The van der Waals surface area contributed by atoms with Crippen molar-refractivity contribution < 1.29 is 4.79 Å². The van der Waals surface area contributed by atoms with Gasteiger partial charge < -0.3 is 10.2 Å². The Hall–Kier alpha value is -1.35. The molecule has 0 saturated carbocycles. The molecule has 0 aromatic carbocycles. The lowest BCUT2D eigenvalue weighted by molar-refractivity contribution is -0.127. The molecular weight excluding hydrogens is 200 g/mol. The third-order valence-corrected chi connectivity index (χ3v) is 2.90. The molecule has 2 rings (SSSR count). The van der Waals surface area contributed by atoms with Gasteiger partial charge in [-0.25, -0.2) is 0 Å². The Balaban J connectivity index is 2.04. The first-order valence-corrected chi connectivity index (χ1v) is 5.83. The zero-order chi connectivity index (χ0) is 11.4. The second-order valence-electron chi connectivity index (χ2n) is 4.29. The van der Waals surface area contributed by atoms with Gasteiger partial charge in [-0.3, -0.25) is 4.79 Å². The molecule has 3 heteroatoms. The summed E-state index contributed by atoms with van der Waals surface area (Å²) in [6, 6.07) is 0.395. The van der Waals surface area contributed by atoms with Crippen LogP contribution in [0.3, 0.4) is 0 Å². The molecule has 3 nitrogen and oxygen atoms in total. The summed E-state index contributed by atoms with van der Waals surface area (Å²) in [6.45, 7) is 4.61. The highest BCUT2D eigenvalue weighted by molar-refractivity contribution is 5.96. The Morgan fingerprint density at radius 3 is 3.19 bits per heavy atom. The van der Waals surface area contributed by atoms with Gasteiger partial charge >= 0.3 is 0 Å². The van der Waals surface area contributed by atoms with Crippen LogP contribution < -0.4 is 5.32 Å². The summed E-state index contributed by atoms with van der Waals surface area (Å²) in [7, 11) is 0. The summed E-state index contributed by atoms with van der Waals surface area (Å²) in [5, 5.41) is 3.34. The molecule has 1 aliphatic heterocycles. The van der Waals surface area contributed by atoms with Crippen LogP contribution in [-0.2, 0) is 4.79 Å². The molecule has 2 aliphatic rings. The highest BCUT2D eigenvalue weighted by Crippen LogP contribution is 2.11. The van der Waals surface area contributed by atoms with Crippen LogP contribution in [0.4, 0.5) is 0 Å². The number of amides is 1. The molecule has 0 spiro atoms. The second kappa shape index (κ2) is 5.12. The van der Waals surface area contributed by atoms with Crippen molar-refractivity contribution in [2.45, 2.75) is 19.4 Å². The van der Waals surface area contributed by atoms with E-state index >= 15 is 0 Å². The Bertz CT molecular complexity index is 355. The Labute approximate surface area is 96.5 Å². The van der Waals surface area contributed by atoms with Gasteiger partial charge in [0.25, 0.3) is 5.91 Å². The van der Waals surface area contributed by atoms with Crippen molar-refractivity contribution in [3.63, 3.8) is 0 Å². The second-order valence-corrected chi connectivity index (χ2v) is 4.29. The third kappa shape index (κ3) is 2.61. The SMILES string of the molecule is CC1CN(C(=O)C2=CCC=CC=C2)CCN1. The molecule has 0 radical (unpaired) electrons. The number of allylic oxidation sites excluding steroid dienone is 4. The molecule has 1 fully saturated rings. The number of rotatable bonds is 1. The molecule has 1 N–H and O–H groups in total. The lowest BCUT2D eigenvalue weighted by atomic mass is 10.1. The Kier molecular flexibility index (Phi) is 3.57. The van der Waals surface area contributed by atoms with Crippen LogP contribution in [0, 0.1) is 0 Å². The predicted molar refractivity (Wildman–Crippen MR) is 65.0 cm³/mol. The van der Waals surface area contributed by atoms with Crippen molar-refractivity contribution in [1.29, 1.82) is 0 Å². The van der Waals surface area contributed by atoms with Crippen molar-refractivity contribution in [1.82, 2.24) is 10.2 Å². The first-order valence-electron chi connectivity index (χ1n) is 5.83. The topological polar surface area (TPSA) is 32.3 Å². The minimum absolute atomic E-state index is 0.160. The number of nitrogens with one attached hydrogen (secondary N) is 1. The maximum absolute atomic E-state index is 12.2. The predicted octanol–water partition coefficient (Wildman–Crippen LogP) is 1.25. The maximum Gasteiger partial charge on any atom is 0.253 e. The maximum atomic E-state index is 12.2. The van der Waals surface area contributed by atoms with Crippen molar-refractivity contribution >= 4 is 5.91 Å². The number of piperazine rings is 1. The van der Waals surface area contributed by atoms with Gasteiger partial charge in [-0.05, 0) is 19.4 Å². The Morgan fingerprint density at radius 1 is 1.50 bits per heavy atom. The largest absolute Gasteiger partial charge is 0.336 e. The highest BCUT2D eigenvalue weighted by Gasteiger charge is 2.21. The van der Waals surface area contributed by atoms with Crippen molar-refractivity contribution in [3.8, 4) is 0 Å². The number of carbonyl (C=O) groups is 1. The van der Waals surface area contributed by atoms with E-state index in [1.54, 1.807) is 0 Å². The van der Waals surface area contributed by atoms with E-state index < -0.39 is 0 Å². The summed E-state index contributed by atoms with van der Waals surface area (Å²) >= 11 is 0. The van der Waals surface area contributed by atoms with Crippen molar-refractivity contribution in [2.24, 2.45) is 0 Å². The van der Waals surface area contributed by atoms with E-state index in [2.05, 4.69) is 18.3 Å². The summed E-state index contributed by atoms with van der Waals surface area (Å²) in [5.74, 6) is 0.160. The van der Waals surface area contributed by atoms with Gasteiger partial charge in [0, 0.05) is 31.2 Å². The van der Waals surface area contributed by atoms with Gasteiger partial charge in [0.05, 0.1) is 0 Å². The smallest absolute Gasteiger partial charge is 0.253 e. The molecule has 1 amide bonds. The molecular formula is C13H18N2O. The molecule has 0 aromatic rings. The third-order valence-electron chi connectivity index (χ3n) is 2.90. The van der Waals surface area contributed by atoms with Gasteiger partial charge in [0.15, 0.2) is 0 Å². The van der Waals surface area contributed by atoms with Gasteiger partial charge in [0.1, 0.15) is 0 Å². The molecule has 1 heterocycles. The molecule has 1 aliphatic carbocycles. The average molecular weight is 218 g/mol. The summed E-state index contributed by atoms with van der Waals surface area (Å²) < 4.78 is 0. The number of nitrogens with zero attached hydrogens (tertiary/aromatic N) is 1. The van der Waals surface area contributed by atoms with Crippen molar-refractivity contribution in [2.75, 3.05) is 19.6 Å². The quantitative estimate of drug-likeness (QED) is 0.718. The summed E-state index contributed by atoms with van der Waals surface area (Å²) in [4.78, 5) is 14.1. The molecule has 1 atom stereocenters. The summed E-state index contributed by atoms with van der Waals surface area (Å²) in [5.41, 5.74) is 0.819. The molecule has 1 saturated heterocycles. The molecule has 0 aromatic heterocycles. The van der Waals surface area contributed by atoms with Crippen LogP contribution in [-0.4, -0.2) is 36.5 Å². The fourth-order valence-corrected chi connectivity index (χ4v) is 2.04. The van der Waals surface area contributed by atoms with Crippen LogP contribution in [0.15, 0.2) is 36.0 Å². The van der Waals surface area contributed by atoms with E-state index in [0.717, 1.165) is 31.6 Å². The fraction of sp³-hybridized carbons (Fsp3) is 0.462. The average Bonchev–Trinajstić information content (AvgIpc) is 2.56. The first kappa shape index (κ1) is 11.1. The van der Waals surface area contributed by atoms with Crippen LogP contribution in [0.25, 0.3) is 0 Å². The van der Waals surface area contributed by atoms with E-state index in [9.17, 15) is 4.79 Å². The van der Waals surface area contributed by atoms with Crippen molar-refractivity contribution in [3.05, 3.63) is 36.0 Å². The first-order chi connectivity index (χ1) is 7.77. The lowest BCUT2D eigenvalue weighted by Crippen LogP contribution is -2.51. The highest BCUT2D eigenvalue weighted by atomic mass is 16.2.